The molecule has 1 heterocycles. The van der Waals surface area contributed by atoms with E-state index >= 15 is 0 Å². The van der Waals surface area contributed by atoms with Crippen LogP contribution in [0.2, 0.25) is 0 Å². The van der Waals surface area contributed by atoms with Gasteiger partial charge in [-0.3, -0.25) is 10.8 Å². The van der Waals surface area contributed by atoms with Crippen molar-refractivity contribution in [2.45, 2.75) is 39.2 Å². The highest BCUT2D eigenvalue weighted by atomic mass is 16.5. The van der Waals surface area contributed by atoms with E-state index in [2.05, 4.69) is 4.90 Å². The predicted molar refractivity (Wildman–Crippen MR) is 129 cm³/mol. The average molecular weight is 436 g/mol. The second-order valence-corrected chi connectivity index (χ2v) is 8.39. The van der Waals surface area contributed by atoms with Crippen LogP contribution in [-0.2, 0) is 4.79 Å². The summed E-state index contributed by atoms with van der Waals surface area (Å²) in [7, 11) is 1.86. The minimum atomic E-state index is -0.496. The maximum absolute atomic E-state index is 13.2. The SMILES string of the molecule is CC[C@H](C)[C@@H](C(=O)Oc1ccc(C(=N)N2CCCC2)cc1)N(C)c1cccc(C(=N)N)c1. The molecule has 2 aromatic rings. The number of esters is 1. The largest absolute Gasteiger partial charge is 0.425 e. The number of carbonyl (C=O) groups excluding carboxylic acids is 1. The van der Waals surface area contributed by atoms with Gasteiger partial charge in [0, 0.05) is 37.0 Å². The van der Waals surface area contributed by atoms with Crippen molar-refractivity contribution >= 4 is 23.3 Å². The maximum atomic E-state index is 13.2. The lowest BCUT2D eigenvalue weighted by Gasteiger charge is -2.32. The van der Waals surface area contributed by atoms with Crippen molar-refractivity contribution in [3.63, 3.8) is 0 Å². The molecule has 0 radical (unpaired) electrons. The molecule has 1 aliphatic heterocycles. The molecule has 0 unspecified atom stereocenters. The minimum Gasteiger partial charge on any atom is -0.425 e. The number of likely N-dealkylation sites (tertiary alicyclic amines) is 1. The Labute approximate surface area is 190 Å². The quantitative estimate of drug-likeness (QED) is 0.253. The fourth-order valence-electron chi connectivity index (χ4n) is 4.03. The molecule has 0 aromatic heterocycles. The van der Waals surface area contributed by atoms with Gasteiger partial charge in [-0.1, -0.05) is 32.4 Å². The first kappa shape index (κ1) is 23.3. The third-order valence-electron chi connectivity index (χ3n) is 6.17. The number of likely N-dealkylation sites (N-methyl/N-ethyl adjacent to an activating group) is 1. The third kappa shape index (κ3) is 5.28. The van der Waals surface area contributed by atoms with Crippen LogP contribution in [0.15, 0.2) is 48.5 Å². The van der Waals surface area contributed by atoms with E-state index in [1.807, 2.05) is 56.1 Å². The monoisotopic (exact) mass is 435 g/mol. The van der Waals surface area contributed by atoms with Crippen molar-refractivity contribution in [2.24, 2.45) is 11.7 Å². The highest BCUT2D eigenvalue weighted by molar-refractivity contribution is 5.97. The summed E-state index contributed by atoms with van der Waals surface area (Å²) < 4.78 is 5.75. The Morgan fingerprint density at radius 2 is 1.78 bits per heavy atom. The second-order valence-electron chi connectivity index (χ2n) is 8.39. The summed E-state index contributed by atoms with van der Waals surface area (Å²) in [5.41, 5.74) is 7.87. The van der Waals surface area contributed by atoms with E-state index < -0.39 is 6.04 Å². The van der Waals surface area contributed by atoms with Gasteiger partial charge in [0.05, 0.1) is 0 Å². The van der Waals surface area contributed by atoms with E-state index in [0.29, 0.717) is 17.1 Å². The lowest BCUT2D eigenvalue weighted by molar-refractivity contribution is -0.137. The van der Waals surface area contributed by atoms with E-state index in [4.69, 9.17) is 21.3 Å². The molecule has 0 aliphatic carbocycles. The Kier molecular flexibility index (Phi) is 7.51. The number of rotatable bonds is 8. The fraction of sp³-hybridized carbons (Fsp3) is 0.400. The lowest BCUT2D eigenvalue weighted by Crippen LogP contribution is -2.45. The number of hydrogen-bond acceptors (Lipinski definition) is 5. The van der Waals surface area contributed by atoms with Crippen LogP contribution in [0.4, 0.5) is 5.69 Å². The van der Waals surface area contributed by atoms with Gasteiger partial charge in [0.1, 0.15) is 23.5 Å². The Morgan fingerprint density at radius 3 is 2.38 bits per heavy atom. The number of anilines is 1. The van der Waals surface area contributed by atoms with Crippen molar-refractivity contribution < 1.29 is 9.53 Å². The van der Waals surface area contributed by atoms with Crippen LogP contribution in [0, 0.1) is 16.7 Å². The zero-order valence-corrected chi connectivity index (χ0v) is 19.1. The molecule has 1 fully saturated rings. The molecular formula is C25H33N5O2. The summed E-state index contributed by atoms with van der Waals surface area (Å²) >= 11 is 0. The summed E-state index contributed by atoms with van der Waals surface area (Å²) in [6.45, 7) is 5.91. The highest BCUT2D eigenvalue weighted by Gasteiger charge is 2.31. The highest BCUT2D eigenvalue weighted by Crippen LogP contribution is 2.25. The van der Waals surface area contributed by atoms with Crippen molar-refractivity contribution in [3.05, 3.63) is 59.7 Å². The zero-order valence-electron chi connectivity index (χ0n) is 19.1. The standard InChI is InChI=1S/C25H33N5O2/c1-4-17(2)22(29(3)20-9-7-8-19(16-20)23(26)27)25(31)32-21-12-10-18(11-13-21)24(28)30-14-5-6-15-30/h7-13,16-17,22,28H,4-6,14-15H2,1-3H3,(H3,26,27)/t17-,22-/m0/s1. The molecule has 4 N–H and O–H groups in total. The van der Waals surface area contributed by atoms with Crippen LogP contribution in [0.3, 0.4) is 0 Å². The molecule has 2 aromatic carbocycles. The lowest BCUT2D eigenvalue weighted by atomic mass is 9.97. The zero-order chi connectivity index (χ0) is 23.3. The van der Waals surface area contributed by atoms with Gasteiger partial charge in [-0.2, -0.15) is 0 Å². The van der Waals surface area contributed by atoms with Crippen molar-refractivity contribution in [2.75, 3.05) is 25.0 Å². The molecule has 0 amide bonds. The van der Waals surface area contributed by atoms with Crippen molar-refractivity contribution in [1.29, 1.82) is 10.8 Å². The Hall–Kier alpha value is -3.35. The van der Waals surface area contributed by atoms with Crippen LogP contribution in [0.1, 0.15) is 44.2 Å². The van der Waals surface area contributed by atoms with E-state index in [1.54, 1.807) is 18.2 Å². The van der Waals surface area contributed by atoms with Gasteiger partial charge in [0.15, 0.2) is 0 Å². The van der Waals surface area contributed by atoms with Crippen LogP contribution in [0.5, 0.6) is 5.75 Å². The molecule has 170 valence electrons. The number of nitrogens with one attached hydrogen (secondary N) is 2. The number of ether oxygens (including phenoxy) is 1. The number of nitrogens with zero attached hydrogens (tertiary/aromatic N) is 2. The molecule has 7 heteroatoms. The number of nitrogens with two attached hydrogens (primary N) is 1. The average Bonchev–Trinajstić information content (AvgIpc) is 3.34. The van der Waals surface area contributed by atoms with Gasteiger partial charge in [0.25, 0.3) is 0 Å². The van der Waals surface area contributed by atoms with E-state index in [0.717, 1.165) is 43.6 Å². The van der Waals surface area contributed by atoms with Gasteiger partial charge in [-0.15, -0.1) is 0 Å². The third-order valence-corrected chi connectivity index (χ3v) is 6.17. The van der Waals surface area contributed by atoms with Gasteiger partial charge >= 0.3 is 5.97 Å². The predicted octanol–water partition coefficient (Wildman–Crippen LogP) is 3.85. The molecule has 7 nitrogen and oxygen atoms in total. The first-order chi connectivity index (χ1) is 15.3. The van der Waals surface area contributed by atoms with Gasteiger partial charge in [-0.25, -0.2) is 4.79 Å². The van der Waals surface area contributed by atoms with Gasteiger partial charge in [-0.05, 0) is 55.2 Å². The molecule has 3 rings (SSSR count). The van der Waals surface area contributed by atoms with Crippen molar-refractivity contribution in [1.82, 2.24) is 4.90 Å². The number of carbonyl (C=O) groups is 1. The minimum absolute atomic E-state index is 0.0116. The van der Waals surface area contributed by atoms with Crippen LogP contribution < -0.4 is 15.4 Å². The number of nitrogen functional groups attached to an aromatic ring is 1. The molecule has 0 bridgehead atoms. The summed E-state index contributed by atoms with van der Waals surface area (Å²) in [6.07, 6.45) is 3.05. The topological polar surface area (TPSA) is 107 Å². The maximum Gasteiger partial charge on any atom is 0.334 e. The first-order valence-corrected chi connectivity index (χ1v) is 11.1. The number of hydrogen-bond donors (Lipinski definition) is 3. The van der Waals surface area contributed by atoms with E-state index in [9.17, 15) is 4.79 Å². The van der Waals surface area contributed by atoms with Crippen LogP contribution in [0.25, 0.3) is 0 Å². The van der Waals surface area contributed by atoms with E-state index in [1.165, 1.54) is 0 Å². The molecule has 2 atom stereocenters. The smallest absolute Gasteiger partial charge is 0.334 e. The Morgan fingerprint density at radius 1 is 1.12 bits per heavy atom. The van der Waals surface area contributed by atoms with Gasteiger partial charge in [0.2, 0.25) is 0 Å². The molecule has 1 saturated heterocycles. The van der Waals surface area contributed by atoms with Crippen LogP contribution >= 0.6 is 0 Å². The summed E-state index contributed by atoms with van der Waals surface area (Å²) in [5, 5.41) is 16.1. The van der Waals surface area contributed by atoms with Crippen molar-refractivity contribution in [3.8, 4) is 5.75 Å². The van der Waals surface area contributed by atoms with Gasteiger partial charge < -0.3 is 20.3 Å². The molecule has 0 saturated carbocycles. The normalized spacial score (nSPS) is 15.2. The number of amidine groups is 2. The number of benzene rings is 2. The van der Waals surface area contributed by atoms with Crippen LogP contribution in [-0.4, -0.2) is 48.7 Å². The molecule has 0 spiro atoms. The molecule has 1 aliphatic rings. The summed E-state index contributed by atoms with van der Waals surface area (Å²) in [5.74, 6) is 0.686. The summed E-state index contributed by atoms with van der Waals surface area (Å²) in [6, 6.07) is 14.0. The summed E-state index contributed by atoms with van der Waals surface area (Å²) in [4.78, 5) is 17.2. The Bertz CT molecular complexity index is 967. The van der Waals surface area contributed by atoms with E-state index in [-0.39, 0.29) is 17.7 Å². The molecule has 32 heavy (non-hydrogen) atoms. The second kappa shape index (κ2) is 10.3. The first-order valence-electron chi connectivity index (χ1n) is 11.1. The molecular weight excluding hydrogens is 402 g/mol. The fourth-order valence-corrected chi connectivity index (χ4v) is 4.03. The Balaban J connectivity index is 1.75.